The smallest absolute Gasteiger partial charge is 0.407 e. The van der Waals surface area contributed by atoms with Gasteiger partial charge in [0.15, 0.2) is 0 Å². The Morgan fingerprint density at radius 1 is 1.04 bits per heavy atom. The van der Waals surface area contributed by atoms with E-state index in [1.165, 1.54) is 0 Å². The number of hydrogen-bond donors (Lipinski definition) is 1. The lowest BCUT2D eigenvalue weighted by Crippen LogP contribution is -2.24. The number of cyclic esters (lactones) is 2. The average Bonchev–Trinajstić information content (AvgIpc) is 2.93. The van der Waals surface area contributed by atoms with Crippen molar-refractivity contribution in [3.63, 3.8) is 0 Å². The summed E-state index contributed by atoms with van der Waals surface area (Å²) in [7, 11) is 0. The number of carbonyl (C=O) groups excluding carboxylic acids is 3. The Morgan fingerprint density at radius 2 is 1.84 bits per heavy atom. The molecule has 0 atom stereocenters. The SMILES string of the molecule is O=C(NCC=Cc1cccc2c1C(=O)OC2=O)OCc1ccccc1. The largest absolute Gasteiger partial charge is 0.445 e. The van der Waals surface area contributed by atoms with Gasteiger partial charge in [-0.15, -0.1) is 0 Å². The molecule has 1 amide bonds. The minimum Gasteiger partial charge on any atom is -0.445 e. The molecule has 1 aliphatic heterocycles. The molecular formula is C19H15NO5. The third kappa shape index (κ3) is 3.92. The first-order valence-electron chi connectivity index (χ1n) is 7.66. The Bertz CT molecular complexity index is 842. The quantitative estimate of drug-likeness (QED) is 0.670. The molecule has 0 unspecified atom stereocenters. The van der Waals surface area contributed by atoms with Gasteiger partial charge in [-0.25, -0.2) is 14.4 Å². The van der Waals surface area contributed by atoms with Crippen molar-refractivity contribution in [2.75, 3.05) is 6.54 Å². The zero-order chi connectivity index (χ0) is 17.6. The minimum atomic E-state index is -0.657. The van der Waals surface area contributed by atoms with Crippen LogP contribution in [0.1, 0.15) is 31.8 Å². The maximum Gasteiger partial charge on any atom is 0.407 e. The predicted molar refractivity (Wildman–Crippen MR) is 89.9 cm³/mol. The molecule has 1 aliphatic rings. The van der Waals surface area contributed by atoms with Crippen LogP contribution in [0.15, 0.2) is 54.6 Å². The summed E-state index contributed by atoms with van der Waals surface area (Å²) in [5, 5.41) is 2.58. The van der Waals surface area contributed by atoms with Crippen LogP contribution in [0.2, 0.25) is 0 Å². The van der Waals surface area contributed by atoms with Gasteiger partial charge in [-0.2, -0.15) is 0 Å². The molecule has 0 radical (unpaired) electrons. The number of amides is 1. The van der Waals surface area contributed by atoms with Gasteiger partial charge < -0.3 is 14.8 Å². The fraction of sp³-hybridized carbons (Fsp3) is 0.105. The molecule has 2 aromatic rings. The fourth-order valence-corrected chi connectivity index (χ4v) is 2.40. The van der Waals surface area contributed by atoms with E-state index >= 15 is 0 Å². The highest BCUT2D eigenvalue weighted by molar-refractivity contribution is 6.16. The number of ether oxygens (including phenoxy) is 2. The third-order valence-corrected chi connectivity index (χ3v) is 3.58. The van der Waals surface area contributed by atoms with Crippen molar-refractivity contribution in [1.82, 2.24) is 5.32 Å². The standard InChI is InChI=1S/C19H15NO5/c21-17-15-10-4-8-14(16(15)18(22)25-17)9-5-11-20-19(23)24-12-13-6-2-1-3-7-13/h1-10H,11-12H2,(H,20,23). The van der Waals surface area contributed by atoms with E-state index in [0.29, 0.717) is 5.56 Å². The monoisotopic (exact) mass is 337 g/mol. The second kappa shape index (κ2) is 7.44. The van der Waals surface area contributed by atoms with Crippen LogP contribution in [0.25, 0.3) is 6.08 Å². The Kier molecular flexibility index (Phi) is 4.89. The van der Waals surface area contributed by atoms with Crippen LogP contribution in [-0.2, 0) is 16.1 Å². The lowest BCUT2D eigenvalue weighted by atomic mass is 10.0. The molecule has 0 saturated carbocycles. The zero-order valence-electron chi connectivity index (χ0n) is 13.2. The van der Waals surface area contributed by atoms with Crippen molar-refractivity contribution in [3.8, 4) is 0 Å². The van der Waals surface area contributed by atoms with Crippen LogP contribution in [0.3, 0.4) is 0 Å². The number of carbonyl (C=O) groups is 3. The number of alkyl carbamates (subject to hydrolysis) is 1. The van der Waals surface area contributed by atoms with Crippen LogP contribution in [0.4, 0.5) is 4.79 Å². The van der Waals surface area contributed by atoms with Crippen LogP contribution in [0.5, 0.6) is 0 Å². The first-order valence-corrected chi connectivity index (χ1v) is 7.66. The van der Waals surface area contributed by atoms with Crippen LogP contribution < -0.4 is 5.32 Å². The van der Waals surface area contributed by atoms with E-state index in [-0.39, 0.29) is 24.3 Å². The highest BCUT2D eigenvalue weighted by Gasteiger charge is 2.31. The number of hydrogen-bond acceptors (Lipinski definition) is 5. The highest BCUT2D eigenvalue weighted by atomic mass is 16.6. The van der Waals surface area contributed by atoms with E-state index < -0.39 is 18.0 Å². The maximum absolute atomic E-state index is 11.7. The van der Waals surface area contributed by atoms with Crippen LogP contribution in [0, 0.1) is 0 Å². The molecule has 0 aliphatic carbocycles. The Labute approximate surface area is 144 Å². The molecule has 1 heterocycles. The molecule has 6 heteroatoms. The van der Waals surface area contributed by atoms with Crippen molar-refractivity contribution in [2.24, 2.45) is 0 Å². The summed E-state index contributed by atoms with van der Waals surface area (Å²) in [6, 6.07) is 14.3. The van der Waals surface area contributed by atoms with Crippen molar-refractivity contribution in [3.05, 3.63) is 76.9 Å². The number of nitrogens with one attached hydrogen (secondary N) is 1. The predicted octanol–water partition coefficient (Wildman–Crippen LogP) is 2.94. The van der Waals surface area contributed by atoms with Gasteiger partial charge in [-0.1, -0.05) is 54.6 Å². The molecule has 0 aromatic heterocycles. The molecular weight excluding hydrogens is 322 g/mol. The Balaban J connectivity index is 1.52. The second-order valence-electron chi connectivity index (χ2n) is 5.29. The lowest BCUT2D eigenvalue weighted by Gasteiger charge is -2.05. The van der Waals surface area contributed by atoms with Gasteiger partial charge in [0, 0.05) is 6.54 Å². The molecule has 25 heavy (non-hydrogen) atoms. The van der Waals surface area contributed by atoms with Gasteiger partial charge in [0.05, 0.1) is 11.1 Å². The van der Waals surface area contributed by atoms with Crippen molar-refractivity contribution in [1.29, 1.82) is 0 Å². The van der Waals surface area contributed by atoms with Gasteiger partial charge in [0.25, 0.3) is 0 Å². The highest BCUT2D eigenvalue weighted by Crippen LogP contribution is 2.24. The van der Waals surface area contributed by atoms with E-state index in [4.69, 9.17) is 4.74 Å². The second-order valence-corrected chi connectivity index (χ2v) is 5.29. The fourth-order valence-electron chi connectivity index (χ4n) is 2.40. The lowest BCUT2D eigenvalue weighted by molar-refractivity contribution is 0.0443. The number of rotatable bonds is 5. The van der Waals surface area contributed by atoms with Crippen LogP contribution >= 0.6 is 0 Å². The van der Waals surface area contributed by atoms with Crippen molar-refractivity contribution >= 4 is 24.1 Å². The van der Waals surface area contributed by atoms with Gasteiger partial charge in [-0.05, 0) is 17.2 Å². The summed E-state index contributed by atoms with van der Waals surface area (Å²) >= 11 is 0. The summed E-state index contributed by atoms with van der Waals surface area (Å²) in [5.41, 5.74) is 1.96. The van der Waals surface area contributed by atoms with E-state index in [0.717, 1.165) is 5.56 Å². The first-order chi connectivity index (χ1) is 12.1. The minimum absolute atomic E-state index is 0.191. The maximum atomic E-state index is 11.7. The van der Waals surface area contributed by atoms with E-state index in [9.17, 15) is 14.4 Å². The molecule has 0 spiro atoms. The normalized spacial score (nSPS) is 12.8. The van der Waals surface area contributed by atoms with Gasteiger partial charge in [-0.3, -0.25) is 0 Å². The summed E-state index contributed by atoms with van der Waals surface area (Å²) in [6.07, 6.45) is 2.77. The Hall–Kier alpha value is -3.41. The van der Waals surface area contributed by atoms with E-state index in [2.05, 4.69) is 10.1 Å². The molecule has 0 fully saturated rings. The number of fused-ring (bicyclic) bond motifs is 1. The molecule has 3 rings (SSSR count). The molecule has 0 bridgehead atoms. The van der Waals surface area contributed by atoms with Crippen molar-refractivity contribution in [2.45, 2.75) is 6.61 Å². The van der Waals surface area contributed by atoms with Crippen LogP contribution in [-0.4, -0.2) is 24.6 Å². The van der Waals surface area contributed by atoms with E-state index in [1.54, 1.807) is 30.4 Å². The topological polar surface area (TPSA) is 81.7 Å². The van der Waals surface area contributed by atoms with Gasteiger partial charge >= 0.3 is 18.0 Å². The number of benzene rings is 2. The van der Waals surface area contributed by atoms with Gasteiger partial charge in [0.1, 0.15) is 6.61 Å². The summed E-state index contributed by atoms with van der Waals surface area (Å²) in [5.74, 6) is -1.30. The van der Waals surface area contributed by atoms with Crippen molar-refractivity contribution < 1.29 is 23.9 Å². The first kappa shape index (κ1) is 16.4. The molecule has 126 valence electrons. The molecule has 6 nitrogen and oxygen atoms in total. The summed E-state index contributed by atoms with van der Waals surface area (Å²) in [4.78, 5) is 34.8. The van der Waals surface area contributed by atoms with E-state index in [1.807, 2.05) is 30.3 Å². The number of esters is 2. The zero-order valence-corrected chi connectivity index (χ0v) is 13.2. The summed E-state index contributed by atoms with van der Waals surface area (Å²) in [6.45, 7) is 0.414. The summed E-state index contributed by atoms with van der Waals surface area (Å²) < 4.78 is 9.67. The molecule has 1 N–H and O–H groups in total. The molecule has 2 aromatic carbocycles. The average molecular weight is 337 g/mol. The molecule has 0 saturated heterocycles. The third-order valence-electron chi connectivity index (χ3n) is 3.58. The Morgan fingerprint density at radius 3 is 2.64 bits per heavy atom. The van der Waals surface area contributed by atoms with Gasteiger partial charge in [0.2, 0.25) is 0 Å².